The van der Waals surface area contributed by atoms with Gasteiger partial charge in [-0.2, -0.15) is 10.4 Å². The highest BCUT2D eigenvalue weighted by molar-refractivity contribution is 5.44. The van der Waals surface area contributed by atoms with Crippen LogP contribution < -0.4 is 5.56 Å². The highest BCUT2D eigenvalue weighted by atomic mass is 19.1. The molecule has 4 aromatic rings. The molecule has 0 bridgehead atoms. The van der Waals surface area contributed by atoms with Crippen molar-refractivity contribution >= 4 is 0 Å². The van der Waals surface area contributed by atoms with Crippen molar-refractivity contribution in [3.63, 3.8) is 0 Å². The second kappa shape index (κ2) is 8.55. The zero-order valence-electron chi connectivity index (χ0n) is 18.0. The number of aryl methyl sites for hydroxylation is 2. The number of pyridine rings is 1. The van der Waals surface area contributed by atoms with Crippen LogP contribution in [0.15, 0.2) is 60.0 Å². The minimum Gasteiger partial charge on any atom is -0.306 e. The quantitative estimate of drug-likeness (QED) is 0.484. The van der Waals surface area contributed by atoms with E-state index in [2.05, 4.69) is 15.1 Å². The van der Waals surface area contributed by atoms with E-state index in [0.717, 1.165) is 28.7 Å². The van der Waals surface area contributed by atoms with Gasteiger partial charge in [0, 0.05) is 30.1 Å². The topological polar surface area (TPSA) is 89.4 Å². The number of nitriles is 1. The standard InChI is InChI=1S/C24H21FN6O/c1-15-6-18(4-5-23(15)30-13-16(2)28-14-30)7-19-9-22(10-26)29-31(24(19)32)17(3)20-8-21(25)12-27-11-20/h4-6,8-9,11-14,17H,7H2,1-3H3/t17-/m0/s1. The number of hydrogen-bond acceptors (Lipinski definition) is 5. The molecule has 160 valence electrons. The van der Waals surface area contributed by atoms with E-state index in [1.165, 1.54) is 23.0 Å². The third-order valence-corrected chi connectivity index (χ3v) is 5.34. The minimum atomic E-state index is -0.577. The van der Waals surface area contributed by atoms with Crippen LogP contribution in [0.5, 0.6) is 0 Å². The number of hydrogen-bond donors (Lipinski definition) is 0. The molecule has 0 saturated carbocycles. The lowest BCUT2D eigenvalue weighted by atomic mass is 10.0. The number of rotatable bonds is 5. The second-order valence-electron chi connectivity index (χ2n) is 7.75. The van der Waals surface area contributed by atoms with E-state index in [9.17, 15) is 14.4 Å². The molecule has 32 heavy (non-hydrogen) atoms. The largest absolute Gasteiger partial charge is 0.306 e. The van der Waals surface area contributed by atoms with Gasteiger partial charge in [0.15, 0.2) is 5.69 Å². The van der Waals surface area contributed by atoms with Gasteiger partial charge in [-0.25, -0.2) is 14.1 Å². The summed E-state index contributed by atoms with van der Waals surface area (Å²) in [5, 5.41) is 13.6. The van der Waals surface area contributed by atoms with Gasteiger partial charge in [0.1, 0.15) is 11.9 Å². The summed E-state index contributed by atoms with van der Waals surface area (Å²) in [5.74, 6) is -0.497. The van der Waals surface area contributed by atoms with E-state index in [-0.39, 0.29) is 11.3 Å². The van der Waals surface area contributed by atoms with Gasteiger partial charge in [0.05, 0.1) is 24.3 Å². The van der Waals surface area contributed by atoms with E-state index in [1.807, 2.05) is 48.9 Å². The van der Waals surface area contributed by atoms with E-state index < -0.39 is 11.9 Å². The fourth-order valence-electron chi connectivity index (χ4n) is 3.70. The zero-order chi connectivity index (χ0) is 22.8. The average molecular weight is 428 g/mol. The van der Waals surface area contributed by atoms with Gasteiger partial charge in [0.2, 0.25) is 0 Å². The first-order valence-electron chi connectivity index (χ1n) is 10.1. The molecular weight excluding hydrogens is 407 g/mol. The van der Waals surface area contributed by atoms with Gasteiger partial charge in [-0.3, -0.25) is 9.78 Å². The molecule has 4 rings (SSSR count). The Kier molecular flexibility index (Phi) is 5.65. The molecule has 0 fully saturated rings. The monoisotopic (exact) mass is 428 g/mol. The molecule has 1 atom stereocenters. The van der Waals surface area contributed by atoms with Crippen LogP contribution in [0.3, 0.4) is 0 Å². The van der Waals surface area contributed by atoms with Crippen LogP contribution in [0.1, 0.15) is 46.6 Å². The minimum absolute atomic E-state index is 0.123. The Bertz CT molecular complexity index is 1400. The van der Waals surface area contributed by atoms with Crippen LogP contribution >= 0.6 is 0 Å². The molecule has 0 aliphatic carbocycles. The Morgan fingerprint density at radius 1 is 1.19 bits per heavy atom. The fraction of sp³-hybridized carbons (Fsp3) is 0.208. The summed E-state index contributed by atoms with van der Waals surface area (Å²) >= 11 is 0. The molecule has 0 spiro atoms. The van der Waals surface area contributed by atoms with Crippen molar-refractivity contribution in [3.8, 4) is 11.8 Å². The Hall–Kier alpha value is -4.12. The smallest absolute Gasteiger partial charge is 0.270 e. The summed E-state index contributed by atoms with van der Waals surface area (Å²) in [4.78, 5) is 21.3. The summed E-state index contributed by atoms with van der Waals surface area (Å²) < 4.78 is 16.8. The predicted octanol–water partition coefficient (Wildman–Crippen LogP) is 3.65. The Morgan fingerprint density at radius 2 is 2.00 bits per heavy atom. The Morgan fingerprint density at radius 3 is 2.66 bits per heavy atom. The molecule has 0 aliphatic heterocycles. The molecule has 7 nitrogen and oxygen atoms in total. The zero-order valence-corrected chi connectivity index (χ0v) is 18.0. The molecule has 1 aromatic carbocycles. The average Bonchev–Trinajstić information content (AvgIpc) is 3.20. The molecule has 0 unspecified atom stereocenters. The summed E-state index contributed by atoms with van der Waals surface area (Å²) in [7, 11) is 0. The van der Waals surface area contributed by atoms with Gasteiger partial charge >= 0.3 is 0 Å². The summed E-state index contributed by atoms with van der Waals surface area (Å²) in [6.45, 7) is 5.66. The van der Waals surface area contributed by atoms with E-state index in [4.69, 9.17) is 0 Å². The van der Waals surface area contributed by atoms with Gasteiger partial charge in [-0.15, -0.1) is 0 Å². The highest BCUT2D eigenvalue weighted by Crippen LogP contribution is 2.19. The fourth-order valence-corrected chi connectivity index (χ4v) is 3.70. The number of halogens is 1. The summed E-state index contributed by atoms with van der Waals surface area (Å²) in [6.07, 6.45) is 6.64. The first-order valence-corrected chi connectivity index (χ1v) is 10.1. The third kappa shape index (κ3) is 4.18. The van der Waals surface area contributed by atoms with E-state index in [0.29, 0.717) is 17.5 Å². The van der Waals surface area contributed by atoms with Gasteiger partial charge in [0.25, 0.3) is 5.56 Å². The first-order chi connectivity index (χ1) is 15.4. The maximum absolute atomic E-state index is 13.6. The Balaban J connectivity index is 1.70. The maximum atomic E-state index is 13.6. The number of benzene rings is 1. The molecule has 8 heteroatoms. The van der Waals surface area contributed by atoms with Crippen molar-refractivity contribution in [3.05, 3.63) is 105 Å². The molecule has 3 aromatic heterocycles. The molecule has 0 N–H and O–H groups in total. The van der Waals surface area contributed by atoms with Gasteiger partial charge < -0.3 is 4.57 Å². The summed E-state index contributed by atoms with van der Waals surface area (Å²) in [5.41, 5.74) is 4.64. The lowest BCUT2D eigenvalue weighted by Crippen LogP contribution is -2.30. The lowest BCUT2D eigenvalue weighted by molar-refractivity contribution is 0.517. The van der Waals surface area contributed by atoms with Gasteiger partial charge in [-0.1, -0.05) is 12.1 Å². The number of aromatic nitrogens is 5. The van der Waals surface area contributed by atoms with Crippen LogP contribution in [-0.4, -0.2) is 24.3 Å². The van der Waals surface area contributed by atoms with Crippen LogP contribution in [0.2, 0.25) is 0 Å². The normalized spacial score (nSPS) is 11.8. The van der Waals surface area contributed by atoms with Crippen molar-refractivity contribution in [2.24, 2.45) is 0 Å². The van der Waals surface area contributed by atoms with Crippen molar-refractivity contribution in [2.75, 3.05) is 0 Å². The number of nitrogens with zero attached hydrogens (tertiary/aromatic N) is 6. The van der Waals surface area contributed by atoms with Gasteiger partial charge in [-0.05, 0) is 55.7 Å². The second-order valence-corrected chi connectivity index (χ2v) is 7.75. The SMILES string of the molecule is Cc1cn(-c2ccc(Cc3cc(C#N)nn([C@@H](C)c4cncc(F)c4)c3=O)cc2C)cn1. The molecule has 0 amide bonds. The summed E-state index contributed by atoms with van der Waals surface area (Å²) in [6, 6.07) is 10.2. The Labute approximate surface area is 184 Å². The molecular formula is C24H21FN6O. The van der Waals surface area contributed by atoms with Crippen LogP contribution in [-0.2, 0) is 6.42 Å². The molecule has 0 radical (unpaired) electrons. The third-order valence-electron chi connectivity index (χ3n) is 5.34. The van der Waals surface area contributed by atoms with E-state index >= 15 is 0 Å². The molecule has 0 saturated heterocycles. The maximum Gasteiger partial charge on any atom is 0.270 e. The predicted molar refractivity (Wildman–Crippen MR) is 117 cm³/mol. The van der Waals surface area contributed by atoms with Crippen LogP contribution in [0.25, 0.3) is 5.69 Å². The first kappa shape index (κ1) is 21.1. The highest BCUT2D eigenvalue weighted by Gasteiger charge is 2.17. The van der Waals surface area contributed by atoms with E-state index in [1.54, 1.807) is 13.3 Å². The molecule has 3 heterocycles. The van der Waals surface area contributed by atoms with Crippen molar-refractivity contribution in [1.82, 2.24) is 24.3 Å². The van der Waals surface area contributed by atoms with Crippen molar-refractivity contribution in [1.29, 1.82) is 5.26 Å². The van der Waals surface area contributed by atoms with Crippen LogP contribution in [0, 0.1) is 31.0 Å². The lowest BCUT2D eigenvalue weighted by Gasteiger charge is -2.16. The van der Waals surface area contributed by atoms with Crippen molar-refractivity contribution < 1.29 is 4.39 Å². The van der Waals surface area contributed by atoms with Crippen LogP contribution in [0.4, 0.5) is 4.39 Å². The molecule has 0 aliphatic rings. The number of imidazole rings is 1. The van der Waals surface area contributed by atoms with Crippen molar-refractivity contribution in [2.45, 2.75) is 33.2 Å².